The smallest absolute Gasteiger partial charge is 0.257 e. The molecule has 0 heterocycles. The van der Waals surface area contributed by atoms with Gasteiger partial charge in [-0.3, -0.25) is 14.4 Å². The summed E-state index contributed by atoms with van der Waals surface area (Å²) >= 11 is 0. The second-order valence-corrected chi connectivity index (χ2v) is 7.80. The topological polar surface area (TPSA) is 78.5 Å². The zero-order valence-electron chi connectivity index (χ0n) is 18.3. The van der Waals surface area contributed by atoms with Crippen molar-refractivity contribution in [1.29, 1.82) is 0 Å². The molecule has 0 aromatic heterocycles. The normalized spacial score (nSPS) is 11.7. The van der Waals surface area contributed by atoms with Gasteiger partial charge in [0.05, 0.1) is 6.54 Å². The number of hydrogen-bond donors (Lipinski definition) is 2. The largest absolute Gasteiger partial charge is 0.340 e. The van der Waals surface area contributed by atoms with Crippen LogP contribution in [0.2, 0.25) is 0 Å². The summed E-state index contributed by atoms with van der Waals surface area (Å²) in [6.07, 6.45) is 0. The van der Waals surface area contributed by atoms with Crippen LogP contribution in [0.4, 0.5) is 14.5 Å². The minimum Gasteiger partial charge on any atom is -0.340 e. The van der Waals surface area contributed by atoms with Crippen molar-refractivity contribution in [3.8, 4) is 0 Å². The molecule has 0 fully saturated rings. The van der Waals surface area contributed by atoms with Crippen LogP contribution >= 0.6 is 0 Å². The third-order valence-corrected chi connectivity index (χ3v) is 4.91. The number of nitrogens with zero attached hydrogens (tertiary/aromatic N) is 1. The summed E-state index contributed by atoms with van der Waals surface area (Å²) in [5, 5.41) is 5.19. The Labute approximate surface area is 180 Å². The predicted octanol–water partition coefficient (Wildman–Crippen LogP) is 3.43. The highest BCUT2D eigenvalue weighted by Crippen LogP contribution is 2.19. The van der Waals surface area contributed by atoms with E-state index in [0.717, 1.165) is 29.3 Å². The lowest BCUT2D eigenvalue weighted by molar-refractivity contribution is -0.135. The lowest BCUT2D eigenvalue weighted by Gasteiger charge is -2.27. The van der Waals surface area contributed by atoms with Gasteiger partial charge in [0.25, 0.3) is 5.91 Å². The van der Waals surface area contributed by atoms with E-state index in [-0.39, 0.29) is 12.5 Å². The number of halogens is 2. The molecule has 0 saturated heterocycles. The van der Waals surface area contributed by atoms with E-state index in [1.165, 1.54) is 11.9 Å². The van der Waals surface area contributed by atoms with E-state index in [2.05, 4.69) is 10.6 Å². The molecule has 1 unspecified atom stereocenters. The molecule has 2 aromatic rings. The Kier molecular flexibility index (Phi) is 7.85. The van der Waals surface area contributed by atoms with Gasteiger partial charge < -0.3 is 15.5 Å². The first-order valence-corrected chi connectivity index (χ1v) is 9.88. The minimum atomic E-state index is -1.07. The number of nitrogens with one attached hydrogen (secondary N) is 2. The highest BCUT2D eigenvalue weighted by atomic mass is 19.1. The highest BCUT2D eigenvalue weighted by molar-refractivity contribution is 5.99. The van der Waals surface area contributed by atoms with E-state index < -0.39 is 41.0 Å². The van der Waals surface area contributed by atoms with Crippen molar-refractivity contribution < 1.29 is 23.2 Å². The fraction of sp³-hybridized carbons (Fsp3) is 0.348. The van der Waals surface area contributed by atoms with Gasteiger partial charge in [0.2, 0.25) is 11.8 Å². The van der Waals surface area contributed by atoms with Crippen molar-refractivity contribution in [3.63, 3.8) is 0 Å². The molecule has 6 nitrogen and oxygen atoms in total. The van der Waals surface area contributed by atoms with Crippen molar-refractivity contribution >= 4 is 23.4 Å². The molecule has 0 spiro atoms. The lowest BCUT2D eigenvalue weighted by atomic mass is 10.0. The molecule has 166 valence electrons. The van der Waals surface area contributed by atoms with E-state index in [9.17, 15) is 23.2 Å². The molecule has 3 amide bonds. The van der Waals surface area contributed by atoms with Crippen LogP contribution in [-0.2, 0) is 9.59 Å². The summed E-state index contributed by atoms with van der Waals surface area (Å²) in [7, 11) is 1.43. The summed E-state index contributed by atoms with van der Waals surface area (Å²) < 4.78 is 27.8. The third kappa shape index (κ3) is 5.87. The van der Waals surface area contributed by atoms with Gasteiger partial charge in [-0.25, -0.2) is 8.78 Å². The second kappa shape index (κ2) is 10.1. The molecule has 2 rings (SSSR count). The molecular formula is C23H27F2N3O3. The van der Waals surface area contributed by atoms with Gasteiger partial charge in [0.1, 0.15) is 23.2 Å². The molecule has 0 aliphatic rings. The van der Waals surface area contributed by atoms with Crippen molar-refractivity contribution in [2.24, 2.45) is 5.92 Å². The number of amides is 3. The zero-order chi connectivity index (χ0) is 23.3. The maximum atomic E-state index is 13.9. The van der Waals surface area contributed by atoms with Crippen molar-refractivity contribution in [3.05, 3.63) is 64.7 Å². The zero-order valence-corrected chi connectivity index (χ0v) is 18.3. The van der Waals surface area contributed by atoms with Crippen molar-refractivity contribution in [2.75, 3.05) is 18.9 Å². The quantitative estimate of drug-likeness (QED) is 0.705. The summed E-state index contributed by atoms with van der Waals surface area (Å²) in [5.74, 6) is -4.40. The van der Waals surface area contributed by atoms with Crippen LogP contribution < -0.4 is 10.6 Å². The molecule has 0 saturated carbocycles. The van der Waals surface area contributed by atoms with E-state index >= 15 is 0 Å². The van der Waals surface area contributed by atoms with Gasteiger partial charge >= 0.3 is 0 Å². The standard InChI is InChI=1S/C23H27F2N3O3/c1-13(2)20(27-22(30)19-16(24)10-7-11-17(19)25)23(31)28(5)12-18(29)26-21-14(3)8-6-9-15(21)4/h6-11,13,20H,12H2,1-5H3,(H,26,29)(H,27,30). The summed E-state index contributed by atoms with van der Waals surface area (Å²) in [6, 6.07) is 7.62. The van der Waals surface area contributed by atoms with Crippen LogP contribution in [0.25, 0.3) is 0 Å². The van der Waals surface area contributed by atoms with Gasteiger partial charge in [-0.05, 0) is 43.0 Å². The summed E-state index contributed by atoms with van der Waals surface area (Å²) in [6.45, 7) is 6.85. The molecular weight excluding hydrogens is 404 g/mol. The maximum Gasteiger partial charge on any atom is 0.257 e. The van der Waals surface area contributed by atoms with Crippen LogP contribution in [0.1, 0.15) is 35.3 Å². The SMILES string of the molecule is Cc1cccc(C)c1NC(=O)CN(C)C(=O)C(NC(=O)c1c(F)cccc1F)C(C)C. The summed E-state index contributed by atoms with van der Waals surface area (Å²) in [5.41, 5.74) is 1.71. The number of aryl methyl sites for hydroxylation is 2. The molecule has 2 N–H and O–H groups in total. The van der Waals surface area contributed by atoms with Gasteiger partial charge in [0, 0.05) is 12.7 Å². The van der Waals surface area contributed by atoms with Gasteiger partial charge in [-0.15, -0.1) is 0 Å². The number of rotatable bonds is 7. The van der Waals surface area contributed by atoms with E-state index in [1.54, 1.807) is 13.8 Å². The van der Waals surface area contributed by atoms with E-state index in [1.807, 2.05) is 32.0 Å². The lowest BCUT2D eigenvalue weighted by Crippen LogP contribution is -2.51. The maximum absolute atomic E-state index is 13.9. The van der Waals surface area contributed by atoms with E-state index in [4.69, 9.17) is 0 Å². The average Bonchev–Trinajstić information content (AvgIpc) is 2.68. The Balaban J connectivity index is 2.10. The first-order valence-electron chi connectivity index (χ1n) is 9.88. The van der Waals surface area contributed by atoms with Crippen LogP contribution in [0.5, 0.6) is 0 Å². The van der Waals surface area contributed by atoms with E-state index in [0.29, 0.717) is 5.69 Å². The molecule has 0 radical (unpaired) electrons. The molecule has 8 heteroatoms. The Morgan fingerprint density at radius 1 is 0.968 bits per heavy atom. The van der Waals surface area contributed by atoms with Crippen LogP contribution in [0.15, 0.2) is 36.4 Å². The first kappa shape index (κ1) is 24.0. The monoisotopic (exact) mass is 431 g/mol. The van der Waals surface area contributed by atoms with Gasteiger partial charge in [-0.2, -0.15) is 0 Å². The first-order chi connectivity index (χ1) is 14.5. The van der Waals surface area contributed by atoms with Gasteiger partial charge in [0.15, 0.2) is 0 Å². The van der Waals surface area contributed by atoms with Gasteiger partial charge in [-0.1, -0.05) is 38.1 Å². The highest BCUT2D eigenvalue weighted by Gasteiger charge is 2.30. The molecule has 2 aromatic carbocycles. The number of carbonyl (C=O) groups is 3. The fourth-order valence-electron chi connectivity index (χ4n) is 3.16. The number of anilines is 1. The molecule has 0 aliphatic heterocycles. The second-order valence-electron chi connectivity index (χ2n) is 7.80. The Morgan fingerprint density at radius 2 is 1.48 bits per heavy atom. The molecule has 0 aliphatic carbocycles. The average molecular weight is 431 g/mol. The van der Waals surface area contributed by atoms with Crippen molar-refractivity contribution in [1.82, 2.24) is 10.2 Å². The number of likely N-dealkylation sites (N-methyl/N-ethyl adjacent to an activating group) is 1. The summed E-state index contributed by atoms with van der Waals surface area (Å²) in [4.78, 5) is 39.0. The number of carbonyl (C=O) groups excluding carboxylic acids is 3. The molecule has 0 bridgehead atoms. The number of para-hydroxylation sites is 1. The Bertz CT molecular complexity index is 952. The predicted molar refractivity (Wildman–Crippen MR) is 115 cm³/mol. The number of benzene rings is 2. The van der Waals surface area contributed by atoms with Crippen molar-refractivity contribution in [2.45, 2.75) is 33.7 Å². The van der Waals surface area contributed by atoms with Crippen LogP contribution in [0.3, 0.4) is 0 Å². The third-order valence-electron chi connectivity index (χ3n) is 4.91. The Morgan fingerprint density at radius 3 is 2.00 bits per heavy atom. The fourth-order valence-corrected chi connectivity index (χ4v) is 3.16. The molecule has 31 heavy (non-hydrogen) atoms. The van der Waals surface area contributed by atoms with Crippen LogP contribution in [0, 0.1) is 31.4 Å². The van der Waals surface area contributed by atoms with Crippen LogP contribution in [-0.4, -0.2) is 42.3 Å². The molecule has 1 atom stereocenters. The Hall–Kier alpha value is -3.29. The minimum absolute atomic E-state index is 0.250. The number of hydrogen-bond acceptors (Lipinski definition) is 3.